The van der Waals surface area contributed by atoms with Crippen LogP contribution in [0, 0.1) is 10.1 Å². The van der Waals surface area contributed by atoms with Gasteiger partial charge in [-0.25, -0.2) is 0 Å². The van der Waals surface area contributed by atoms with Crippen molar-refractivity contribution in [2.24, 2.45) is 0 Å². The lowest BCUT2D eigenvalue weighted by molar-refractivity contribution is -0.384. The lowest BCUT2D eigenvalue weighted by Crippen LogP contribution is -2.25. The van der Waals surface area contributed by atoms with Gasteiger partial charge in [-0.3, -0.25) is 19.5 Å². The molecule has 0 saturated heterocycles. The van der Waals surface area contributed by atoms with Gasteiger partial charge in [0.15, 0.2) is 11.0 Å². The first kappa shape index (κ1) is 26.9. The lowest BCUT2D eigenvalue weighted by atomic mass is 10.0. The van der Waals surface area contributed by atoms with Gasteiger partial charge in [0.05, 0.1) is 24.3 Å². The molecule has 4 rings (SSSR count). The molecule has 1 aromatic heterocycles. The number of carbonyl (C=O) groups excluding carboxylic acids is 1. The number of aromatic nitrogens is 3. The van der Waals surface area contributed by atoms with Crippen LogP contribution in [0.2, 0.25) is 0 Å². The van der Waals surface area contributed by atoms with Crippen molar-refractivity contribution in [2.45, 2.75) is 44.1 Å². The fourth-order valence-electron chi connectivity index (χ4n) is 4.10. The molecule has 1 amide bonds. The highest BCUT2D eigenvalue weighted by Crippen LogP contribution is 2.30. The Morgan fingerprint density at radius 2 is 1.66 bits per heavy atom. The molecule has 9 nitrogen and oxygen atoms in total. The fourth-order valence-corrected chi connectivity index (χ4v) is 5.01. The van der Waals surface area contributed by atoms with Crippen molar-refractivity contribution in [3.8, 4) is 11.4 Å². The number of non-ortho nitro benzene ring substituents is 1. The normalized spacial score (nSPS) is 10.8. The third-order valence-corrected chi connectivity index (χ3v) is 7.16. The number of thioether (sulfide) groups is 1. The van der Waals surface area contributed by atoms with E-state index in [4.69, 9.17) is 4.74 Å². The van der Waals surface area contributed by atoms with Crippen LogP contribution in [-0.2, 0) is 25.1 Å². The molecule has 1 heterocycles. The van der Waals surface area contributed by atoms with Crippen LogP contribution in [-0.4, -0.2) is 32.7 Å². The standard InChI is InChI=1S/C28H29N5O4S/c1-4-20-7-6-8-21(5-2)26(20)32-25(17-29-27(34)22-11-15-24(37-3)16-12-22)30-31-28(32)38-18-19-9-13-23(14-10-19)33(35)36/h6-16H,4-5,17-18H2,1-3H3,(H,29,34). The van der Waals surface area contributed by atoms with Gasteiger partial charge in [0.25, 0.3) is 11.6 Å². The number of hydrogen-bond donors (Lipinski definition) is 1. The minimum absolute atomic E-state index is 0.0567. The van der Waals surface area contributed by atoms with E-state index in [1.807, 2.05) is 4.57 Å². The van der Waals surface area contributed by atoms with Crippen molar-refractivity contribution in [1.29, 1.82) is 0 Å². The van der Waals surface area contributed by atoms with Gasteiger partial charge in [0, 0.05) is 23.4 Å². The first-order chi connectivity index (χ1) is 18.4. The van der Waals surface area contributed by atoms with Crippen molar-refractivity contribution in [2.75, 3.05) is 7.11 Å². The number of amides is 1. The summed E-state index contributed by atoms with van der Waals surface area (Å²) in [5.74, 6) is 1.64. The van der Waals surface area contributed by atoms with Crippen LogP contribution < -0.4 is 10.1 Å². The largest absolute Gasteiger partial charge is 0.497 e. The minimum atomic E-state index is -0.409. The molecule has 0 spiro atoms. The summed E-state index contributed by atoms with van der Waals surface area (Å²) < 4.78 is 7.20. The third kappa shape index (κ3) is 6.03. The molecule has 4 aromatic rings. The van der Waals surface area contributed by atoms with E-state index in [-0.39, 0.29) is 18.1 Å². The number of carbonyl (C=O) groups is 1. The number of hydrogen-bond acceptors (Lipinski definition) is 7. The first-order valence-electron chi connectivity index (χ1n) is 12.3. The molecule has 38 heavy (non-hydrogen) atoms. The molecule has 0 fully saturated rings. The highest BCUT2D eigenvalue weighted by atomic mass is 32.2. The van der Waals surface area contributed by atoms with Crippen molar-refractivity contribution in [1.82, 2.24) is 20.1 Å². The van der Waals surface area contributed by atoms with Crippen molar-refractivity contribution >= 4 is 23.4 Å². The van der Waals surface area contributed by atoms with Crippen LogP contribution in [0.5, 0.6) is 5.75 Å². The maximum atomic E-state index is 12.8. The Labute approximate surface area is 225 Å². The highest BCUT2D eigenvalue weighted by molar-refractivity contribution is 7.98. The topological polar surface area (TPSA) is 112 Å². The second-order valence-electron chi connectivity index (χ2n) is 8.49. The van der Waals surface area contributed by atoms with E-state index >= 15 is 0 Å². The van der Waals surface area contributed by atoms with Crippen molar-refractivity contribution < 1.29 is 14.5 Å². The van der Waals surface area contributed by atoms with Gasteiger partial charge in [0.2, 0.25) is 0 Å². The maximum Gasteiger partial charge on any atom is 0.269 e. The van der Waals surface area contributed by atoms with Gasteiger partial charge in [0.1, 0.15) is 5.75 Å². The van der Waals surface area contributed by atoms with Crippen LogP contribution in [0.3, 0.4) is 0 Å². The van der Waals surface area contributed by atoms with E-state index < -0.39 is 4.92 Å². The number of aryl methyl sites for hydroxylation is 2. The smallest absolute Gasteiger partial charge is 0.269 e. The number of nitrogens with zero attached hydrogens (tertiary/aromatic N) is 4. The number of nitro benzene ring substituents is 1. The second kappa shape index (κ2) is 12.4. The average Bonchev–Trinajstić information content (AvgIpc) is 3.36. The van der Waals surface area contributed by atoms with E-state index in [1.54, 1.807) is 43.5 Å². The monoisotopic (exact) mass is 531 g/mol. The van der Waals surface area contributed by atoms with Gasteiger partial charge in [-0.15, -0.1) is 10.2 Å². The van der Waals surface area contributed by atoms with E-state index in [2.05, 4.69) is 47.6 Å². The van der Waals surface area contributed by atoms with Crippen LogP contribution >= 0.6 is 11.8 Å². The summed E-state index contributed by atoms with van der Waals surface area (Å²) in [6.45, 7) is 4.41. The summed E-state index contributed by atoms with van der Waals surface area (Å²) in [6, 6.07) is 19.7. The Kier molecular flexibility index (Phi) is 8.75. The Balaban J connectivity index is 1.64. The van der Waals surface area contributed by atoms with Gasteiger partial charge in [-0.05, 0) is 53.8 Å². The van der Waals surface area contributed by atoms with Crippen molar-refractivity contribution in [3.63, 3.8) is 0 Å². The second-order valence-corrected chi connectivity index (χ2v) is 9.43. The summed E-state index contributed by atoms with van der Waals surface area (Å²) >= 11 is 1.50. The predicted octanol–water partition coefficient (Wildman–Crippen LogP) is 5.53. The van der Waals surface area contributed by atoms with E-state index in [0.717, 1.165) is 35.2 Å². The number of nitrogens with one attached hydrogen (secondary N) is 1. The zero-order valence-electron chi connectivity index (χ0n) is 21.5. The van der Waals surface area contributed by atoms with Gasteiger partial charge >= 0.3 is 0 Å². The molecular weight excluding hydrogens is 502 g/mol. The van der Waals surface area contributed by atoms with Gasteiger partial charge in [-0.2, -0.15) is 0 Å². The summed E-state index contributed by atoms with van der Waals surface area (Å²) in [7, 11) is 1.58. The maximum absolute atomic E-state index is 12.8. The third-order valence-electron chi connectivity index (χ3n) is 6.16. The van der Waals surface area contributed by atoms with Crippen molar-refractivity contribution in [3.05, 3.63) is 105 Å². The SMILES string of the molecule is CCc1cccc(CC)c1-n1c(CNC(=O)c2ccc(OC)cc2)nnc1SCc1ccc([N+](=O)[O-])cc1. The molecule has 0 saturated carbocycles. The average molecular weight is 532 g/mol. The Morgan fingerprint density at radius 1 is 1.00 bits per heavy atom. The van der Waals surface area contributed by atoms with Crippen LogP contribution in [0.15, 0.2) is 71.9 Å². The number of rotatable bonds is 11. The summed E-state index contributed by atoms with van der Waals surface area (Å²) in [5, 5.41) is 23.6. The molecule has 196 valence electrons. The van der Waals surface area contributed by atoms with E-state index in [1.165, 1.54) is 23.9 Å². The van der Waals surface area contributed by atoms with E-state index in [0.29, 0.717) is 28.0 Å². The first-order valence-corrected chi connectivity index (χ1v) is 13.3. The number of methoxy groups -OCH3 is 1. The van der Waals surface area contributed by atoms with Crippen LogP contribution in [0.1, 0.15) is 46.7 Å². The quantitative estimate of drug-likeness (QED) is 0.154. The fraction of sp³-hybridized carbons (Fsp3) is 0.250. The molecular formula is C28H29N5O4S. The summed E-state index contributed by atoms with van der Waals surface area (Å²) in [6.07, 6.45) is 1.65. The molecule has 0 aliphatic heterocycles. The summed E-state index contributed by atoms with van der Waals surface area (Å²) in [5.41, 5.74) is 4.86. The summed E-state index contributed by atoms with van der Waals surface area (Å²) in [4.78, 5) is 23.4. The Hall–Kier alpha value is -4.18. The van der Waals surface area contributed by atoms with Gasteiger partial charge < -0.3 is 10.1 Å². The molecule has 0 radical (unpaired) electrons. The van der Waals surface area contributed by atoms with Crippen LogP contribution in [0.25, 0.3) is 5.69 Å². The number of ether oxygens (including phenoxy) is 1. The Morgan fingerprint density at radius 3 is 2.24 bits per heavy atom. The molecule has 10 heteroatoms. The highest BCUT2D eigenvalue weighted by Gasteiger charge is 2.20. The van der Waals surface area contributed by atoms with Gasteiger partial charge in [-0.1, -0.05) is 55.9 Å². The molecule has 0 aliphatic carbocycles. The van der Waals surface area contributed by atoms with Crippen LogP contribution in [0.4, 0.5) is 5.69 Å². The number of para-hydroxylation sites is 1. The number of benzene rings is 3. The predicted molar refractivity (Wildman–Crippen MR) is 147 cm³/mol. The molecule has 0 aliphatic rings. The Bertz CT molecular complexity index is 1400. The number of nitro groups is 1. The zero-order valence-corrected chi connectivity index (χ0v) is 22.3. The lowest BCUT2D eigenvalue weighted by Gasteiger charge is -2.18. The minimum Gasteiger partial charge on any atom is -0.497 e. The molecule has 3 aromatic carbocycles. The molecule has 0 bridgehead atoms. The molecule has 0 atom stereocenters. The molecule has 1 N–H and O–H groups in total. The molecule has 0 unspecified atom stereocenters. The zero-order chi connectivity index (χ0) is 27.1. The van der Waals surface area contributed by atoms with E-state index in [9.17, 15) is 14.9 Å².